The van der Waals surface area contributed by atoms with Crippen molar-refractivity contribution < 1.29 is 23.8 Å². The highest BCUT2D eigenvalue weighted by Crippen LogP contribution is 2.32. The van der Waals surface area contributed by atoms with Crippen LogP contribution in [0.5, 0.6) is 11.5 Å². The van der Waals surface area contributed by atoms with Crippen LogP contribution in [0.4, 0.5) is 16.2 Å². The highest BCUT2D eigenvalue weighted by molar-refractivity contribution is 6.30. The number of amides is 1. The fraction of sp³-hybridized carbons (Fsp3) is 0.278. The van der Waals surface area contributed by atoms with Crippen LogP contribution in [0.15, 0.2) is 91.0 Å². The molecule has 1 heterocycles. The van der Waals surface area contributed by atoms with E-state index in [9.17, 15) is 9.59 Å². The van der Waals surface area contributed by atoms with Gasteiger partial charge in [-0.1, -0.05) is 48.0 Å². The zero-order chi connectivity index (χ0) is 32.0. The number of rotatable bonds is 8. The second-order valence-electron chi connectivity index (χ2n) is 11.9. The Kier molecular flexibility index (Phi) is 9.96. The zero-order valence-corrected chi connectivity index (χ0v) is 26.8. The molecule has 1 saturated heterocycles. The van der Waals surface area contributed by atoms with Gasteiger partial charge in [0.15, 0.2) is 0 Å². The molecule has 0 saturated carbocycles. The second-order valence-corrected chi connectivity index (χ2v) is 12.3. The summed E-state index contributed by atoms with van der Waals surface area (Å²) in [5, 5.41) is 3.43. The summed E-state index contributed by atoms with van der Waals surface area (Å²) in [7, 11) is 1.35. The minimum Gasteiger partial charge on any atom is -0.465 e. The normalized spacial score (nSPS) is 13.7. The molecule has 1 N–H and O–H groups in total. The lowest BCUT2D eigenvalue weighted by molar-refractivity contribution is 0.0595. The summed E-state index contributed by atoms with van der Waals surface area (Å²) in [5.74, 6) is 0.423. The number of hydrogen-bond acceptors (Lipinski definition) is 7. The number of benzene rings is 4. The van der Waals surface area contributed by atoms with Gasteiger partial charge in [0.05, 0.1) is 7.11 Å². The third-order valence-corrected chi connectivity index (χ3v) is 7.65. The van der Waals surface area contributed by atoms with Crippen molar-refractivity contribution in [2.45, 2.75) is 32.9 Å². The maximum absolute atomic E-state index is 12.6. The molecule has 234 valence electrons. The van der Waals surface area contributed by atoms with Gasteiger partial charge in [0.1, 0.15) is 22.7 Å². The van der Waals surface area contributed by atoms with Crippen LogP contribution in [0.25, 0.3) is 11.1 Å². The van der Waals surface area contributed by atoms with E-state index in [0.29, 0.717) is 22.7 Å². The molecule has 0 aromatic heterocycles. The summed E-state index contributed by atoms with van der Waals surface area (Å²) in [5.41, 5.74) is 4.90. The van der Waals surface area contributed by atoms with Crippen LogP contribution in [0, 0.1) is 0 Å². The van der Waals surface area contributed by atoms with E-state index in [1.54, 1.807) is 51.1 Å². The van der Waals surface area contributed by atoms with Gasteiger partial charge in [-0.05, 0) is 86.0 Å². The molecule has 0 unspecified atom stereocenters. The molecule has 1 aliphatic rings. The number of anilines is 2. The monoisotopic (exact) mass is 627 g/mol. The molecule has 5 rings (SSSR count). The maximum Gasteiger partial charge on any atom is 0.412 e. The van der Waals surface area contributed by atoms with Crippen LogP contribution in [-0.2, 0) is 16.0 Å². The summed E-state index contributed by atoms with van der Waals surface area (Å²) in [6.07, 6.45) is -0.539. The molecule has 0 radical (unpaired) electrons. The quantitative estimate of drug-likeness (QED) is 0.197. The summed E-state index contributed by atoms with van der Waals surface area (Å²) in [6.45, 7) is 9.68. The summed E-state index contributed by atoms with van der Waals surface area (Å²) >= 11 is 6.12. The number of halogens is 1. The van der Waals surface area contributed by atoms with Gasteiger partial charge in [-0.2, -0.15) is 0 Å². The molecule has 4 aromatic carbocycles. The van der Waals surface area contributed by atoms with Gasteiger partial charge in [-0.15, -0.1) is 0 Å². The Morgan fingerprint density at radius 2 is 1.56 bits per heavy atom. The lowest BCUT2D eigenvalue weighted by Crippen LogP contribution is -2.46. The SMILES string of the molecule is COC(=O)c1ccc(N2CCN(Cc3ccccc3-c3ccc(Cl)cc3)CC2)cc1Oc1ccc(NC(=O)OC(C)(C)C)cc1. The third-order valence-electron chi connectivity index (χ3n) is 7.40. The lowest BCUT2D eigenvalue weighted by Gasteiger charge is -2.36. The standard InChI is InChI=1S/C36H38ClN3O5/c1-36(2,3)45-35(42)38-28-13-16-30(17-14-28)44-33-23-29(15-18-32(33)34(41)43-4)40-21-19-39(20-22-40)24-26-7-5-6-8-31(26)25-9-11-27(37)12-10-25/h5-18,23H,19-22,24H2,1-4H3,(H,38,42). The largest absolute Gasteiger partial charge is 0.465 e. The molecular formula is C36H38ClN3O5. The minimum absolute atomic E-state index is 0.328. The molecular weight excluding hydrogens is 590 g/mol. The summed E-state index contributed by atoms with van der Waals surface area (Å²) in [6, 6.07) is 28.9. The highest BCUT2D eigenvalue weighted by Gasteiger charge is 2.22. The molecule has 1 aliphatic heterocycles. The van der Waals surface area contributed by atoms with Crippen molar-refractivity contribution >= 4 is 35.0 Å². The van der Waals surface area contributed by atoms with Gasteiger partial charge in [-0.3, -0.25) is 10.2 Å². The van der Waals surface area contributed by atoms with E-state index in [0.717, 1.165) is 49.0 Å². The number of carbonyl (C=O) groups is 2. The summed E-state index contributed by atoms with van der Waals surface area (Å²) < 4.78 is 16.5. The first-order valence-electron chi connectivity index (χ1n) is 14.9. The molecule has 1 amide bonds. The first-order valence-corrected chi connectivity index (χ1v) is 15.3. The number of hydrogen-bond donors (Lipinski definition) is 1. The Hall–Kier alpha value is -4.53. The van der Waals surface area contributed by atoms with E-state index >= 15 is 0 Å². The fourth-order valence-corrected chi connectivity index (χ4v) is 5.33. The smallest absolute Gasteiger partial charge is 0.412 e. The molecule has 0 atom stereocenters. The average molecular weight is 628 g/mol. The fourth-order valence-electron chi connectivity index (χ4n) is 5.20. The first-order chi connectivity index (χ1) is 21.6. The van der Waals surface area contributed by atoms with Crippen molar-refractivity contribution in [1.82, 2.24) is 4.90 Å². The average Bonchev–Trinajstić information content (AvgIpc) is 3.02. The number of nitrogens with zero attached hydrogens (tertiary/aromatic N) is 2. The van der Waals surface area contributed by atoms with Gasteiger partial charge in [-0.25, -0.2) is 9.59 Å². The van der Waals surface area contributed by atoms with E-state index in [4.69, 9.17) is 25.8 Å². The van der Waals surface area contributed by atoms with Crippen molar-refractivity contribution in [2.75, 3.05) is 43.5 Å². The summed E-state index contributed by atoms with van der Waals surface area (Å²) in [4.78, 5) is 29.4. The molecule has 0 spiro atoms. The Labute approximate surface area is 269 Å². The lowest BCUT2D eigenvalue weighted by atomic mass is 9.99. The van der Waals surface area contributed by atoms with E-state index in [-0.39, 0.29) is 0 Å². The van der Waals surface area contributed by atoms with Crippen LogP contribution < -0.4 is 15.0 Å². The van der Waals surface area contributed by atoms with Crippen LogP contribution in [-0.4, -0.2) is 55.9 Å². The molecule has 0 aliphatic carbocycles. The number of ether oxygens (including phenoxy) is 3. The van der Waals surface area contributed by atoms with Crippen LogP contribution >= 0.6 is 11.6 Å². The van der Waals surface area contributed by atoms with Crippen LogP contribution in [0.2, 0.25) is 5.02 Å². The molecule has 1 fully saturated rings. The van der Waals surface area contributed by atoms with Crippen LogP contribution in [0.1, 0.15) is 36.7 Å². The van der Waals surface area contributed by atoms with Gasteiger partial charge < -0.3 is 19.1 Å². The number of esters is 1. The van der Waals surface area contributed by atoms with Crippen molar-refractivity contribution in [1.29, 1.82) is 0 Å². The minimum atomic E-state index is -0.599. The second kappa shape index (κ2) is 14.1. The van der Waals surface area contributed by atoms with Gasteiger partial charge in [0, 0.05) is 55.2 Å². The number of nitrogens with one attached hydrogen (secondary N) is 1. The van der Waals surface area contributed by atoms with E-state index in [1.165, 1.54) is 18.2 Å². The van der Waals surface area contributed by atoms with Crippen molar-refractivity contribution in [3.8, 4) is 22.6 Å². The van der Waals surface area contributed by atoms with Gasteiger partial charge >= 0.3 is 12.1 Å². The predicted molar refractivity (Wildman–Crippen MR) is 179 cm³/mol. The molecule has 0 bridgehead atoms. The number of carbonyl (C=O) groups excluding carboxylic acids is 2. The Balaban J connectivity index is 1.25. The molecule has 8 nitrogen and oxygen atoms in total. The topological polar surface area (TPSA) is 80.3 Å². The van der Waals surface area contributed by atoms with E-state index < -0.39 is 17.7 Å². The Morgan fingerprint density at radius 3 is 2.22 bits per heavy atom. The van der Waals surface area contributed by atoms with Gasteiger partial charge in [0.2, 0.25) is 0 Å². The Bertz CT molecular complexity index is 1630. The van der Waals surface area contributed by atoms with Crippen molar-refractivity contribution in [3.05, 3.63) is 107 Å². The van der Waals surface area contributed by atoms with Crippen LogP contribution in [0.3, 0.4) is 0 Å². The molecule has 4 aromatic rings. The van der Waals surface area contributed by atoms with Gasteiger partial charge in [0.25, 0.3) is 0 Å². The predicted octanol–water partition coefficient (Wildman–Crippen LogP) is 8.26. The zero-order valence-electron chi connectivity index (χ0n) is 26.0. The van der Waals surface area contributed by atoms with E-state index in [1.807, 2.05) is 24.3 Å². The van der Waals surface area contributed by atoms with Crippen molar-refractivity contribution in [3.63, 3.8) is 0 Å². The maximum atomic E-state index is 12.6. The third kappa shape index (κ3) is 8.56. The molecule has 9 heteroatoms. The molecule has 45 heavy (non-hydrogen) atoms. The number of methoxy groups -OCH3 is 1. The first kappa shape index (κ1) is 31.9. The highest BCUT2D eigenvalue weighted by atomic mass is 35.5. The Morgan fingerprint density at radius 1 is 0.867 bits per heavy atom. The number of piperazine rings is 1. The van der Waals surface area contributed by atoms with E-state index in [2.05, 4.69) is 51.5 Å². The van der Waals surface area contributed by atoms with Crippen molar-refractivity contribution in [2.24, 2.45) is 0 Å².